The molecular weight excluding hydrogens is 426 g/mol. The van der Waals surface area contributed by atoms with Crippen LogP contribution in [0.2, 0.25) is 0 Å². The van der Waals surface area contributed by atoms with Crippen LogP contribution in [-0.2, 0) is 11.3 Å². The van der Waals surface area contributed by atoms with Crippen molar-refractivity contribution in [1.29, 1.82) is 0 Å². The van der Waals surface area contributed by atoms with E-state index < -0.39 is 0 Å². The zero-order valence-corrected chi connectivity index (χ0v) is 19.6. The SMILES string of the molecule is CN1C(=O)c2ccccc2N(C(=O)CN(C)C2CCCN2Cc2ccccc2)c2ncccc21. The van der Waals surface area contributed by atoms with E-state index in [9.17, 15) is 9.59 Å². The molecule has 3 heterocycles. The maximum atomic E-state index is 13.8. The topological polar surface area (TPSA) is 60.0 Å². The molecule has 7 nitrogen and oxygen atoms in total. The van der Waals surface area contributed by atoms with Gasteiger partial charge in [-0.3, -0.25) is 24.3 Å². The molecule has 7 heteroatoms. The third kappa shape index (κ3) is 4.08. The molecule has 0 aliphatic carbocycles. The Morgan fingerprint density at radius 1 is 1.03 bits per heavy atom. The van der Waals surface area contributed by atoms with Gasteiger partial charge in [-0.1, -0.05) is 42.5 Å². The molecule has 2 aliphatic heterocycles. The van der Waals surface area contributed by atoms with Crippen LogP contribution in [0.1, 0.15) is 28.8 Å². The number of hydrogen-bond acceptors (Lipinski definition) is 5. The lowest BCUT2D eigenvalue weighted by Gasteiger charge is -2.33. The summed E-state index contributed by atoms with van der Waals surface area (Å²) in [6.07, 6.45) is 3.96. The number of benzene rings is 2. The van der Waals surface area contributed by atoms with Crippen molar-refractivity contribution in [2.24, 2.45) is 0 Å². The Bertz CT molecular complexity index is 1200. The summed E-state index contributed by atoms with van der Waals surface area (Å²) in [5.41, 5.74) is 2.95. The number of hydrogen-bond donors (Lipinski definition) is 0. The van der Waals surface area contributed by atoms with Crippen LogP contribution in [0.15, 0.2) is 72.9 Å². The van der Waals surface area contributed by atoms with Crippen molar-refractivity contribution in [2.45, 2.75) is 25.6 Å². The average molecular weight is 456 g/mol. The van der Waals surface area contributed by atoms with Crippen molar-refractivity contribution < 1.29 is 9.59 Å². The number of para-hydroxylation sites is 1. The number of fused-ring (bicyclic) bond motifs is 2. The minimum Gasteiger partial charge on any atom is -0.308 e. The van der Waals surface area contributed by atoms with E-state index in [0.717, 1.165) is 25.9 Å². The maximum Gasteiger partial charge on any atom is 0.260 e. The van der Waals surface area contributed by atoms with Gasteiger partial charge in [0.2, 0.25) is 5.91 Å². The van der Waals surface area contributed by atoms with Crippen LogP contribution in [0.4, 0.5) is 17.2 Å². The second-order valence-corrected chi connectivity index (χ2v) is 8.95. The smallest absolute Gasteiger partial charge is 0.260 e. The molecule has 2 aliphatic rings. The molecule has 0 spiro atoms. The highest BCUT2D eigenvalue weighted by Crippen LogP contribution is 2.38. The van der Waals surface area contributed by atoms with Gasteiger partial charge in [0.15, 0.2) is 5.82 Å². The molecule has 1 aromatic heterocycles. The molecule has 2 aromatic carbocycles. The van der Waals surface area contributed by atoms with E-state index in [-0.39, 0.29) is 24.5 Å². The fourth-order valence-electron chi connectivity index (χ4n) is 5.03. The van der Waals surface area contributed by atoms with Gasteiger partial charge in [-0.25, -0.2) is 4.98 Å². The highest BCUT2D eigenvalue weighted by molar-refractivity contribution is 6.18. The van der Waals surface area contributed by atoms with Gasteiger partial charge >= 0.3 is 0 Å². The lowest BCUT2D eigenvalue weighted by molar-refractivity contribution is -0.120. The summed E-state index contributed by atoms with van der Waals surface area (Å²) in [5, 5.41) is 0. The summed E-state index contributed by atoms with van der Waals surface area (Å²) in [4.78, 5) is 39.2. The van der Waals surface area contributed by atoms with Gasteiger partial charge in [-0.2, -0.15) is 0 Å². The Balaban J connectivity index is 1.42. The Morgan fingerprint density at radius 2 is 1.76 bits per heavy atom. The van der Waals surface area contributed by atoms with Gasteiger partial charge < -0.3 is 4.90 Å². The number of carbonyl (C=O) groups is 2. The zero-order chi connectivity index (χ0) is 23.7. The number of nitrogens with zero attached hydrogens (tertiary/aromatic N) is 5. The summed E-state index contributed by atoms with van der Waals surface area (Å²) < 4.78 is 0. The van der Waals surface area contributed by atoms with Crippen LogP contribution in [0.5, 0.6) is 0 Å². The van der Waals surface area contributed by atoms with Gasteiger partial charge in [-0.05, 0) is 49.7 Å². The summed E-state index contributed by atoms with van der Waals surface area (Å²) in [5.74, 6) is 0.220. The summed E-state index contributed by atoms with van der Waals surface area (Å²) >= 11 is 0. The van der Waals surface area contributed by atoms with Gasteiger partial charge in [-0.15, -0.1) is 0 Å². The van der Waals surface area contributed by atoms with Crippen molar-refractivity contribution >= 4 is 29.0 Å². The molecule has 0 N–H and O–H groups in total. The minimum absolute atomic E-state index is 0.107. The molecule has 0 bridgehead atoms. The largest absolute Gasteiger partial charge is 0.308 e. The molecule has 1 saturated heterocycles. The standard InChI is InChI=1S/C27H29N5O2/c1-29(24-15-9-17-31(24)18-20-10-4-3-5-11-20)19-25(33)32-22-13-7-6-12-21(22)27(34)30(2)23-14-8-16-28-26(23)32/h3-8,10-14,16,24H,9,15,17-19H2,1-2H3. The van der Waals surface area contributed by atoms with Gasteiger partial charge in [0, 0.05) is 26.3 Å². The number of aromatic nitrogens is 1. The normalized spacial score (nSPS) is 18.1. The van der Waals surface area contributed by atoms with Crippen LogP contribution < -0.4 is 9.80 Å². The summed E-state index contributed by atoms with van der Waals surface area (Å²) in [6, 6.07) is 21.3. The molecule has 3 aromatic rings. The molecule has 174 valence electrons. The molecular formula is C27H29N5O2. The van der Waals surface area contributed by atoms with Crippen LogP contribution in [-0.4, -0.2) is 59.9 Å². The Labute approximate surface area is 200 Å². The van der Waals surface area contributed by atoms with Crippen molar-refractivity contribution in [3.8, 4) is 0 Å². The molecule has 1 atom stereocenters. The van der Waals surface area contributed by atoms with Crippen molar-refractivity contribution in [3.63, 3.8) is 0 Å². The predicted octanol–water partition coefficient (Wildman–Crippen LogP) is 3.89. The van der Waals surface area contributed by atoms with E-state index in [1.54, 1.807) is 35.2 Å². The fourth-order valence-corrected chi connectivity index (χ4v) is 5.03. The summed E-state index contributed by atoms with van der Waals surface area (Å²) in [6.45, 7) is 2.09. The molecule has 2 amide bonds. The van der Waals surface area contributed by atoms with Crippen LogP contribution in [0, 0.1) is 0 Å². The lowest BCUT2D eigenvalue weighted by atomic mass is 10.1. The maximum absolute atomic E-state index is 13.8. The van der Waals surface area contributed by atoms with Crippen molar-refractivity contribution in [1.82, 2.24) is 14.8 Å². The average Bonchev–Trinajstić information content (AvgIpc) is 3.29. The van der Waals surface area contributed by atoms with E-state index in [1.165, 1.54) is 5.56 Å². The number of carbonyl (C=O) groups excluding carboxylic acids is 2. The third-order valence-electron chi connectivity index (χ3n) is 6.72. The Hall–Kier alpha value is -3.55. The van der Waals surface area contributed by atoms with Gasteiger partial charge in [0.1, 0.15) is 0 Å². The van der Waals surface area contributed by atoms with E-state index in [0.29, 0.717) is 22.8 Å². The second kappa shape index (κ2) is 9.37. The molecule has 1 unspecified atom stereocenters. The molecule has 1 fully saturated rings. The third-order valence-corrected chi connectivity index (χ3v) is 6.72. The number of likely N-dealkylation sites (tertiary alicyclic amines) is 1. The summed E-state index contributed by atoms with van der Waals surface area (Å²) in [7, 11) is 3.73. The lowest BCUT2D eigenvalue weighted by Crippen LogP contribution is -2.47. The zero-order valence-electron chi connectivity index (χ0n) is 19.6. The van der Waals surface area contributed by atoms with Crippen LogP contribution in [0.25, 0.3) is 0 Å². The highest BCUT2D eigenvalue weighted by Gasteiger charge is 2.35. The number of rotatable bonds is 5. The van der Waals surface area contributed by atoms with E-state index in [1.807, 2.05) is 37.4 Å². The molecule has 5 rings (SSSR count). The van der Waals surface area contributed by atoms with Crippen molar-refractivity contribution in [3.05, 3.63) is 84.1 Å². The number of pyridine rings is 1. The Morgan fingerprint density at radius 3 is 2.59 bits per heavy atom. The van der Waals surface area contributed by atoms with E-state index in [4.69, 9.17) is 0 Å². The number of likely N-dealkylation sites (N-methyl/N-ethyl adjacent to an activating group) is 1. The van der Waals surface area contributed by atoms with E-state index >= 15 is 0 Å². The highest BCUT2D eigenvalue weighted by atomic mass is 16.2. The number of amides is 2. The number of anilines is 3. The molecule has 0 radical (unpaired) electrons. The first kappa shape index (κ1) is 22.3. The molecule has 34 heavy (non-hydrogen) atoms. The first-order valence-electron chi connectivity index (χ1n) is 11.7. The predicted molar refractivity (Wildman–Crippen MR) is 133 cm³/mol. The Kier molecular flexibility index (Phi) is 6.13. The van der Waals surface area contributed by atoms with Crippen molar-refractivity contribution in [2.75, 3.05) is 37.0 Å². The monoisotopic (exact) mass is 455 g/mol. The van der Waals surface area contributed by atoms with Crippen LogP contribution >= 0.6 is 0 Å². The van der Waals surface area contributed by atoms with E-state index in [2.05, 4.69) is 39.0 Å². The van der Waals surface area contributed by atoms with Gasteiger partial charge in [0.05, 0.1) is 29.6 Å². The van der Waals surface area contributed by atoms with Crippen LogP contribution in [0.3, 0.4) is 0 Å². The van der Waals surface area contributed by atoms with Gasteiger partial charge in [0.25, 0.3) is 5.91 Å². The minimum atomic E-state index is -0.154. The second-order valence-electron chi connectivity index (χ2n) is 8.95. The molecule has 0 saturated carbocycles. The first-order valence-corrected chi connectivity index (χ1v) is 11.7. The first-order chi connectivity index (χ1) is 16.5. The fraction of sp³-hybridized carbons (Fsp3) is 0.296. The quantitative estimate of drug-likeness (QED) is 0.584.